The van der Waals surface area contributed by atoms with Crippen molar-refractivity contribution < 1.29 is 13.9 Å². The Morgan fingerprint density at radius 1 is 1.06 bits per heavy atom. The highest BCUT2D eigenvalue weighted by atomic mass is 16.5. The Morgan fingerprint density at radius 3 is 2.50 bits per heavy atom. The van der Waals surface area contributed by atoms with Gasteiger partial charge < -0.3 is 24.7 Å². The predicted octanol–water partition coefficient (Wildman–Crippen LogP) is 4.28. The zero-order valence-electron chi connectivity index (χ0n) is 18.6. The number of carbonyl (C=O) groups excluding carboxylic acids is 1. The average Bonchev–Trinajstić information content (AvgIpc) is 3.34. The third-order valence-electron chi connectivity index (χ3n) is 5.80. The number of benzene rings is 2. The molecule has 2 heterocycles. The smallest absolute Gasteiger partial charge is 0.319 e. The standard InChI is InChI=1S/C25H30N4O3/c1-19-5-3-6-20(17-19)27-25(30)26-18-23(24-7-4-16-32-24)29-14-12-28(13-15-29)21-8-10-22(31-2)11-9-21/h3-11,16-17,23H,12-15,18H2,1-2H3,(H2,26,27,30). The van der Waals surface area contributed by atoms with Crippen LogP contribution in [-0.4, -0.2) is 50.8 Å². The Bertz CT molecular complexity index is 996. The van der Waals surface area contributed by atoms with Crippen LogP contribution in [0.25, 0.3) is 0 Å². The first-order valence-corrected chi connectivity index (χ1v) is 10.9. The first-order valence-electron chi connectivity index (χ1n) is 10.9. The van der Waals surface area contributed by atoms with Crippen molar-refractivity contribution in [3.63, 3.8) is 0 Å². The van der Waals surface area contributed by atoms with Crippen LogP contribution in [-0.2, 0) is 0 Å². The normalized spacial score (nSPS) is 15.2. The molecule has 1 unspecified atom stereocenters. The number of urea groups is 1. The highest BCUT2D eigenvalue weighted by Crippen LogP contribution is 2.25. The molecule has 0 spiro atoms. The number of nitrogens with one attached hydrogen (secondary N) is 2. The molecule has 2 N–H and O–H groups in total. The van der Waals surface area contributed by atoms with E-state index in [-0.39, 0.29) is 12.1 Å². The molecule has 2 aromatic carbocycles. The van der Waals surface area contributed by atoms with Gasteiger partial charge in [0, 0.05) is 44.1 Å². The van der Waals surface area contributed by atoms with E-state index in [9.17, 15) is 4.79 Å². The molecule has 7 heteroatoms. The van der Waals surface area contributed by atoms with Gasteiger partial charge in [0.25, 0.3) is 0 Å². The van der Waals surface area contributed by atoms with E-state index in [0.29, 0.717) is 6.54 Å². The van der Waals surface area contributed by atoms with E-state index in [0.717, 1.165) is 48.9 Å². The lowest BCUT2D eigenvalue weighted by molar-refractivity contribution is 0.162. The van der Waals surface area contributed by atoms with Gasteiger partial charge in [-0.2, -0.15) is 0 Å². The highest BCUT2D eigenvalue weighted by Gasteiger charge is 2.27. The van der Waals surface area contributed by atoms with E-state index < -0.39 is 0 Å². The van der Waals surface area contributed by atoms with Crippen LogP contribution in [0.5, 0.6) is 5.75 Å². The third kappa shape index (κ3) is 5.42. The van der Waals surface area contributed by atoms with Gasteiger partial charge in [-0.15, -0.1) is 0 Å². The fourth-order valence-corrected chi connectivity index (χ4v) is 4.06. The Kier molecular flexibility index (Phi) is 6.97. The number of rotatable bonds is 7. The van der Waals surface area contributed by atoms with Gasteiger partial charge in [-0.1, -0.05) is 12.1 Å². The summed E-state index contributed by atoms with van der Waals surface area (Å²) in [5.74, 6) is 1.72. The molecule has 32 heavy (non-hydrogen) atoms. The summed E-state index contributed by atoms with van der Waals surface area (Å²) in [5.41, 5.74) is 3.08. The number of nitrogens with zero attached hydrogens (tertiary/aromatic N) is 2. The molecule has 4 rings (SSSR count). The van der Waals surface area contributed by atoms with Gasteiger partial charge in [-0.05, 0) is 61.0 Å². The van der Waals surface area contributed by atoms with Crippen molar-refractivity contribution in [1.29, 1.82) is 0 Å². The van der Waals surface area contributed by atoms with Crippen LogP contribution in [0.2, 0.25) is 0 Å². The Hall–Kier alpha value is -3.45. The lowest BCUT2D eigenvalue weighted by Gasteiger charge is -2.39. The molecule has 0 bridgehead atoms. The summed E-state index contributed by atoms with van der Waals surface area (Å²) in [6.07, 6.45) is 1.68. The minimum Gasteiger partial charge on any atom is -0.497 e. The lowest BCUT2D eigenvalue weighted by Crippen LogP contribution is -2.50. The summed E-state index contributed by atoms with van der Waals surface area (Å²) in [6, 6.07) is 19.6. The second kappa shape index (κ2) is 10.2. The molecular weight excluding hydrogens is 404 g/mol. The van der Waals surface area contributed by atoms with Gasteiger partial charge in [0.05, 0.1) is 19.4 Å². The molecule has 1 fully saturated rings. The Balaban J connectivity index is 1.35. The van der Waals surface area contributed by atoms with Crippen molar-refractivity contribution in [3.8, 4) is 5.75 Å². The van der Waals surface area contributed by atoms with Gasteiger partial charge >= 0.3 is 6.03 Å². The fraction of sp³-hybridized carbons (Fsp3) is 0.320. The molecule has 3 aromatic rings. The number of carbonyl (C=O) groups is 1. The largest absolute Gasteiger partial charge is 0.497 e. The molecule has 1 saturated heterocycles. The van der Waals surface area contributed by atoms with Crippen LogP contribution in [0.1, 0.15) is 17.4 Å². The first-order chi connectivity index (χ1) is 15.6. The molecule has 1 aliphatic heterocycles. The summed E-state index contributed by atoms with van der Waals surface area (Å²) in [5, 5.41) is 5.92. The van der Waals surface area contributed by atoms with Crippen molar-refractivity contribution in [2.45, 2.75) is 13.0 Å². The van der Waals surface area contributed by atoms with Gasteiger partial charge in [0.15, 0.2) is 0 Å². The average molecular weight is 435 g/mol. The van der Waals surface area contributed by atoms with E-state index in [1.165, 1.54) is 5.69 Å². The van der Waals surface area contributed by atoms with Crippen LogP contribution in [0.4, 0.5) is 16.2 Å². The quantitative estimate of drug-likeness (QED) is 0.581. The molecule has 7 nitrogen and oxygen atoms in total. The van der Waals surface area contributed by atoms with Crippen molar-refractivity contribution in [1.82, 2.24) is 10.2 Å². The van der Waals surface area contributed by atoms with E-state index >= 15 is 0 Å². The van der Waals surface area contributed by atoms with Crippen LogP contribution < -0.4 is 20.3 Å². The number of anilines is 2. The summed E-state index contributed by atoms with van der Waals surface area (Å²) in [6.45, 7) is 6.02. The third-order valence-corrected chi connectivity index (χ3v) is 5.80. The number of piperazine rings is 1. The molecule has 1 aromatic heterocycles. The maximum atomic E-state index is 12.5. The Labute approximate surface area is 189 Å². The number of aryl methyl sites for hydroxylation is 1. The van der Waals surface area contributed by atoms with Crippen molar-refractivity contribution in [2.75, 3.05) is 50.1 Å². The molecule has 2 amide bonds. The van der Waals surface area contributed by atoms with Crippen LogP contribution >= 0.6 is 0 Å². The van der Waals surface area contributed by atoms with Gasteiger partial charge in [0.1, 0.15) is 11.5 Å². The van der Waals surface area contributed by atoms with Gasteiger partial charge in [-0.3, -0.25) is 4.90 Å². The summed E-state index contributed by atoms with van der Waals surface area (Å²) in [7, 11) is 1.68. The van der Waals surface area contributed by atoms with Crippen molar-refractivity contribution in [3.05, 3.63) is 78.3 Å². The molecular formula is C25H30N4O3. The maximum absolute atomic E-state index is 12.5. The minimum absolute atomic E-state index is 0.0220. The minimum atomic E-state index is -0.218. The first kappa shape index (κ1) is 21.8. The zero-order chi connectivity index (χ0) is 22.3. The second-order valence-corrected chi connectivity index (χ2v) is 7.96. The summed E-state index contributed by atoms with van der Waals surface area (Å²) < 4.78 is 11.0. The van der Waals surface area contributed by atoms with Crippen molar-refractivity contribution in [2.24, 2.45) is 0 Å². The number of methoxy groups -OCH3 is 1. The van der Waals surface area contributed by atoms with E-state index in [1.54, 1.807) is 13.4 Å². The van der Waals surface area contributed by atoms with Crippen LogP contribution in [0.3, 0.4) is 0 Å². The molecule has 1 atom stereocenters. The number of hydrogen-bond acceptors (Lipinski definition) is 5. The van der Waals surface area contributed by atoms with Gasteiger partial charge in [0.2, 0.25) is 0 Å². The van der Waals surface area contributed by atoms with Crippen molar-refractivity contribution >= 4 is 17.4 Å². The highest BCUT2D eigenvalue weighted by molar-refractivity contribution is 5.89. The SMILES string of the molecule is COc1ccc(N2CCN(C(CNC(=O)Nc3cccc(C)c3)c3ccco3)CC2)cc1. The van der Waals surface area contributed by atoms with E-state index in [1.807, 2.05) is 55.5 Å². The predicted molar refractivity (Wildman–Crippen MR) is 126 cm³/mol. The molecule has 168 valence electrons. The van der Waals surface area contributed by atoms with Crippen LogP contribution in [0, 0.1) is 6.92 Å². The Morgan fingerprint density at radius 2 is 1.84 bits per heavy atom. The number of ether oxygens (including phenoxy) is 1. The second-order valence-electron chi connectivity index (χ2n) is 7.96. The summed E-state index contributed by atoms with van der Waals surface area (Å²) in [4.78, 5) is 17.2. The number of hydrogen-bond donors (Lipinski definition) is 2. The van der Waals surface area contributed by atoms with E-state index in [4.69, 9.17) is 9.15 Å². The fourth-order valence-electron chi connectivity index (χ4n) is 4.06. The van der Waals surface area contributed by atoms with E-state index in [2.05, 4.69) is 32.6 Å². The molecule has 0 saturated carbocycles. The lowest BCUT2D eigenvalue weighted by atomic mass is 10.1. The van der Waals surface area contributed by atoms with Gasteiger partial charge in [-0.25, -0.2) is 4.79 Å². The molecule has 0 radical (unpaired) electrons. The number of furan rings is 1. The van der Waals surface area contributed by atoms with Crippen LogP contribution in [0.15, 0.2) is 71.3 Å². The zero-order valence-corrected chi connectivity index (χ0v) is 18.6. The number of amides is 2. The molecule has 1 aliphatic rings. The topological polar surface area (TPSA) is 70.0 Å². The molecule has 0 aliphatic carbocycles. The summed E-state index contributed by atoms with van der Waals surface area (Å²) >= 11 is 0. The monoisotopic (exact) mass is 434 g/mol. The maximum Gasteiger partial charge on any atom is 0.319 e.